The highest BCUT2D eigenvalue weighted by molar-refractivity contribution is 5.78. The highest BCUT2D eigenvalue weighted by atomic mass is 16.5. The van der Waals surface area contributed by atoms with Crippen LogP contribution in [0.25, 0.3) is 11.1 Å². The molecular weight excluding hydrogens is 298 g/mol. The van der Waals surface area contributed by atoms with Gasteiger partial charge >= 0.3 is 12.1 Å². The van der Waals surface area contributed by atoms with E-state index in [-0.39, 0.29) is 12.1 Å². The number of aliphatic carboxylic acids is 1. The lowest BCUT2D eigenvalue weighted by atomic mass is 10.0. The molecule has 4 N–H and O–H groups in total. The average Bonchev–Trinajstić information content (AvgIpc) is 2.90. The topological polar surface area (TPSA) is 107 Å². The number of carbonyl (C=O) groups is 2. The van der Waals surface area contributed by atoms with Crippen LogP contribution >= 0.6 is 0 Å². The summed E-state index contributed by atoms with van der Waals surface area (Å²) >= 11 is 0. The molecule has 0 aromatic heterocycles. The molecule has 0 bridgehead atoms. The molecule has 0 saturated heterocycles. The van der Waals surface area contributed by atoms with Gasteiger partial charge in [-0.15, -0.1) is 0 Å². The molecule has 0 saturated carbocycles. The summed E-state index contributed by atoms with van der Waals surface area (Å²) in [5.74, 6) is -1.10. The normalized spacial score (nSPS) is 11.0. The van der Waals surface area contributed by atoms with Crippen LogP contribution in [0.3, 0.4) is 0 Å². The molecule has 0 fully saturated rings. The smallest absolute Gasteiger partial charge is 0.407 e. The summed E-state index contributed by atoms with van der Waals surface area (Å²) in [5, 5.41) is 10.7. The number of fused-ring (bicyclic) bond motifs is 3. The first-order chi connectivity index (χ1) is 10.6. The van der Waals surface area contributed by atoms with Crippen molar-refractivity contribution in [2.75, 3.05) is 6.54 Å². The Morgan fingerprint density at radius 1 is 1.09 bits per heavy atom. The molecule has 1 amide bonds. The first-order valence-electron chi connectivity index (χ1n) is 6.96. The quantitative estimate of drug-likeness (QED) is 0.764. The van der Waals surface area contributed by atoms with Crippen LogP contribution in [-0.4, -0.2) is 29.2 Å². The number of amides is 1. The number of nitrogens with one attached hydrogen (secondary N) is 1. The van der Waals surface area contributed by atoms with Gasteiger partial charge in [0.2, 0.25) is 0 Å². The number of benzene rings is 2. The van der Waals surface area contributed by atoms with Gasteiger partial charge in [0.05, 0.1) is 0 Å². The molecule has 0 atom stereocenters. The molecule has 0 aliphatic heterocycles. The van der Waals surface area contributed by atoms with Crippen LogP contribution in [0, 0.1) is 0 Å². The van der Waals surface area contributed by atoms with Crippen LogP contribution in [0.2, 0.25) is 0 Å². The van der Waals surface area contributed by atoms with Crippen LogP contribution in [0.4, 0.5) is 4.79 Å². The number of carboxylic acids is 1. The van der Waals surface area contributed by atoms with E-state index >= 15 is 0 Å². The third-order valence-corrected chi connectivity index (χ3v) is 3.69. The maximum absolute atomic E-state index is 11.4. The van der Waals surface area contributed by atoms with E-state index in [1.165, 1.54) is 16.7 Å². The number of carboxylic acid groups (broad SMARTS) is 1. The van der Waals surface area contributed by atoms with E-state index in [1.807, 2.05) is 24.3 Å². The lowest BCUT2D eigenvalue weighted by Crippen LogP contribution is -2.29. The summed E-state index contributed by atoms with van der Waals surface area (Å²) in [4.78, 5) is 21.8. The average molecular weight is 315 g/mol. The van der Waals surface area contributed by atoms with Crippen molar-refractivity contribution in [1.29, 1.82) is 0 Å². The van der Waals surface area contributed by atoms with Crippen molar-refractivity contribution in [1.82, 2.24) is 5.32 Å². The molecule has 23 heavy (non-hydrogen) atoms. The van der Waals surface area contributed by atoms with Crippen LogP contribution in [0.1, 0.15) is 16.7 Å². The van der Waals surface area contributed by atoms with E-state index in [1.54, 1.807) is 0 Å². The number of carbonyl (C=O) groups excluding carboxylic acids is 1. The van der Waals surface area contributed by atoms with Crippen LogP contribution in [0.15, 0.2) is 42.5 Å². The molecule has 0 spiro atoms. The van der Waals surface area contributed by atoms with E-state index < -0.39 is 18.6 Å². The summed E-state index contributed by atoms with van der Waals surface area (Å²) in [6.07, 6.45) is 0.0948. The molecule has 2 aromatic carbocycles. The Balaban J connectivity index is 0.00000192. The number of ether oxygens (including phenoxy) is 1. The molecular formula is C17H17NO5. The second-order valence-corrected chi connectivity index (χ2v) is 5.10. The predicted octanol–water partition coefficient (Wildman–Crippen LogP) is 1.74. The molecule has 1 aliphatic rings. The Labute approximate surface area is 133 Å². The predicted molar refractivity (Wildman–Crippen MR) is 84.1 cm³/mol. The van der Waals surface area contributed by atoms with Gasteiger partial charge in [0, 0.05) is 0 Å². The van der Waals surface area contributed by atoms with E-state index in [2.05, 4.69) is 23.5 Å². The summed E-state index contributed by atoms with van der Waals surface area (Å²) < 4.78 is 5.09. The Kier molecular flexibility index (Phi) is 4.98. The first kappa shape index (κ1) is 16.5. The summed E-state index contributed by atoms with van der Waals surface area (Å²) in [6.45, 7) is -0.320. The maximum Gasteiger partial charge on any atom is 0.407 e. The fourth-order valence-corrected chi connectivity index (χ4v) is 2.70. The van der Waals surface area contributed by atoms with Crippen molar-refractivity contribution >= 4 is 12.1 Å². The second-order valence-electron chi connectivity index (χ2n) is 5.10. The molecule has 1 aliphatic carbocycles. The minimum Gasteiger partial charge on any atom is -0.480 e. The van der Waals surface area contributed by atoms with Crippen molar-refractivity contribution in [2.45, 2.75) is 13.0 Å². The number of hydrogen-bond acceptors (Lipinski definition) is 3. The minimum atomic E-state index is -1.10. The first-order valence-corrected chi connectivity index (χ1v) is 6.96. The zero-order valence-corrected chi connectivity index (χ0v) is 12.3. The number of rotatable bonds is 4. The van der Waals surface area contributed by atoms with Crippen LogP contribution < -0.4 is 5.32 Å². The van der Waals surface area contributed by atoms with Gasteiger partial charge in [-0.2, -0.15) is 0 Å². The molecule has 0 radical (unpaired) electrons. The molecule has 2 aromatic rings. The third-order valence-electron chi connectivity index (χ3n) is 3.69. The number of alkyl carbamates (subject to hydrolysis) is 1. The number of hydrogen-bond donors (Lipinski definition) is 2. The Morgan fingerprint density at radius 2 is 1.83 bits per heavy atom. The fourth-order valence-electron chi connectivity index (χ4n) is 2.70. The van der Waals surface area contributed by atoms with E-state index in [4.69, 9.17) is 9.84 Å². The second kappa shape index (κ2) is 6.93. The van der Waals surface area contributed by atoms with Crippen molar-refractivity contribution in [3.8, 4) is 11.1 Å². The SMILES string of the molecule is O.O=C(O)CNC(=O)OCc1cccc2c1Cc1ccccc1-2. The van der Waals surface area contributed by atoms with Gasteiger partial charge in [0.25, 0.3) is 0 Å². The van der Waals surface area contributed by atoms with Gasteiger partial charge in [0.1, 0.15) is 13.2 Å². The van der Waals surface area contributed by atoms with Crippen molar-refractivity contribution in [2.24, 2.45) is 0 Å². The van der Waals surface area contributed by atoms with Crippen molar-refractivity contribution in [3.05, 3.63) is 59.2 Å². The van der Waals surface area contributed by atoms with Gasteiger partial charge in [-0.25, -0.2) is 4.79 Å². The molecule has 3 rings (SSSR count). The largest absolute Gasteiger partial charge is 0.480 e. The Bertz CT molecular complexity index is 742. The molecule has 6 heteroatoms. The maximum atomic E-state index is 11.4. The zero-order valence-electron chi connectivity index (χ0n) is 12.3. The third kappa shape index (κ3) is 3.49. The summed E-state index contributed by atoms with van der Waals surface area (Å²) in [7, 11) is 0. The Hall–Kier alpha value is -2.86. The van der Waals surface area contributed by atoms with E-state index in [9.17, 15) is 9.59 Å². The monoisotopic (exact) mass is 315 g/mol. The lowest BCUT2D eigenvalue weighted by Gasteiger charge is -2.09. The highest BCUT2D eigenvalue weighted by Gasteiger charge is 2.20. The minimum absolute atomic E-state index is 0. The van der Waals surface area contributed by atoms with Crippen molar-refractivity contribution in [3.63, 3.8) is 0 Å². The van der Waals surface area contributed by atoms with Gasteiger partial charge in [-0.05, 0) is 34.2 Å². The van der Waals surface area contributed by atoms with Gasteiger partial charge in [-0.3, -0.25) is 4.79 Å². The molecule has 120 valence electrons. The fraction of sp³-hybridized carbons (Fsp3) is 0.176. The van der Waals surface area contributed by atoms with Gasteiger partial charge in [-0.1, -0.05) is 42.5 Å². The van der Waals surface area contributed by atoms with Crippen molar-refractivity contribution < 1.29 is 24.9 Å². The van der Waals surface area contributed by atoms with Gasteiger partial charge < -0.3 is 20.6 Å². The zero-order chi connectivity index (χ0) is 15.5. The van der Waals surface area contributed by atoms with Crippen LogP contribution in [0.5, 0.6) is 0 Å². The summed E-state index contributed by atoms with van der Waals surface area (Å²) in [5.41, 5.74) is 5.76. The van der Waals surface area contributed by atoms with E-state index in [0.29, 0.717) is 0 Å². The van der Waals surface area contributed by atoms with Crippen LogP contribution in [-0.2, 0) is 22.6 Å². The highest BCUT2D eigenvalue weighted by Crippen LogP contribution is 2.38. The lowest BCUT2D eigenvalue weighted by molar-refractivity contribution is -0.135. The van der Waals surface area contributed by atoms with Gasteiger partial charge in [0.15, 0.2) is 0 Å². The van der Waals surface area contributed by atoms with E-state index in [0.717, 1.165) is 17.5 Å². The summed E-state index contributed by atoms with van der Waals surface area (Å²) in [6, 6.07) is 14.1. The molecule has 0 unspecified atom stereocenters. The standard InChI is InChI=1S/C17H15NO4.H2O/c19-16(20)9-18-17(21)22-10-12-5-3-7-14-13-6-2-1-4-11(13)8-15(12)14;/h1-7H,8-10H2,(H,18,21)(H,19,20);1H2. The molecule has 6 nitrogen and oxygen atoms in total. The molecule has 0 heterocycles. The Morgan fingerprint density at radius 3 is 2.61 bits per heavy atom.